The predicted molar refractivity (Wildman–Crippen MR) is 84.4 cm³/mol. The lowest BCUT2D eigenvalue weighted by Gasteiger charge is -2.39. The first-order chi connectivity index (χ1) is 10.8. The summed E-state index contributed by atoms with van der Waals surface area (Å²) in [7, 11) is 0. The molecule has 7 nitrogen and oxygen atoms in total. The topological polar surface area (TPSA) is 102 Å². The molecule has 23 heavy (non-hydrogen) atoms. The minimum Gasteiger partial charge on any atom is -0.490 e. The number of carbonyl (C=O) groups is 2. The zero-order valence-electron chi connectivity index (χ0n) is 13.6. The maximum atomic E-state index is 12.6. The fraction of sp³-hybridized carbons (Fsp3) is 0.500. The Morgan fingerprint density at radius 3 is 2.70 bits per heavy atom. The molecule has 7 heteroatoms. The number of anilines is 1. The number of aliphatic hydroxyl groups is 1. The standard InChI is InChI=1S/C16H22N2O5/c1-4-5-22-12-7-10(9-19)6-11-14(12)23-16(2,3)15(21)18(11)8-13(17)20/h6-7,19H,4-5,8-9H2,1-3H3,(H2,17,20). The Balaban J connectivity index is 2.58. The number of fused-ring (bicyclic) bond motifs is 1. The Bertz CT molecular complexity index is 627. The van der Waals surface area contributed by atoms with E-state index in [4.69, 9.17) is 15.2 Å². The lowest BCUT2D eigenvalue weighted by atomic mass is 10.0. The maximum Gasteiger partial charge on any atom is 0.271 e. The van der Waals surface area contributed by atoms with Crippen LogP contribution in [0.5, 0.6) is 11.5 Å². The fourth-order valence-electron chi connectivity index (χ4n) is 2.40. The Hall–Kier alpha value is -2.28. The molecule has 0 unspecified atom stereocenters. The van der Waals surface area contributed by atoms with Crippen LogP contribution < -0.4 is 20.1 Å². The highest BCUT2D eigenvalue weighted by molar-refractivity contribution is 6.06. The van der Waals surface area contributed by atoms with Crippen molar-refractivity contribution in [3.8, 4) is 11.5 Å². The van der Waals surface area contributed by atoms with Crippen molar-refractivity contribution in [2.75, 3.05) is 18.1 Å². The number of primary amides is 1. The van der Waals surface area contributed by atoms with E-state index in [2.05, 4.69) is 0 Å². The normalized spacial score (nSPS) is 15.8. The average molecular weight is 322 g/mol. The van der Waals surface area contributed by atoms with Crippen molar-refractivity contribution in [3.05, 3.63) is 17.7 Å². The third-order valence-electron chi connectivity index (χ3n) is 3.46. The summed E-state index contributed by atoms with van der Waals surface area (Å²) in [6.45, 7) is 5.19. The van der Waals surface area contributed by atoms with Gasteiger partial charge in [0.1, 0.15) is 6.54 Å². The summed E-state index contributed by atoms with van der Waals surface area (Å²) in [5, 5.41) is 9.43. The molecule has 0 atom stereocenters. The van der Waals surface area contributed by atoms with Crippen LogP contribution >= 0.6 is 0 Å². The molecule has 3 N–H and O–H groups in total. The van der Waals surface area contributed by atoms with Crippen LogP contribution in [0.15, 0.2) is 12.1 Å². The van der Waals surface area contributed by atoms with E-state index in [1.54, 1.807) is 26.0 Å². The summed E-state index contributed by atoms with van der Waals surface area (Å²) in [6, 6.07) is 3.27. The zero-order valence-corrected chi connectivity index (χ0v) is 13.6. The van der Waals surface area contributed by atoms with Gasteiger partial charge in [0.15, 0.2) is 17.1 Å². The quantitative estimate of drug-likeness (QED) is 0.812. The van der Waals surface area contributed by atoms with E-state index >= 15 is 0 Å². The van der Waals surface area contributed by atoms with Crippen LogP contribution in [0.3, 0.4) is 0 Å². The Morgan fingerprint density at radius 1 is 1.43 bits per heavy atom. The van der Waals surface area contributed by atoms with Crippen LogP contribution in [0.1, 0.15) is 32.8 Å². The molecule has 126 valence electrons. The van der Waals surface area contributed by atoms with Crippen LogP contribution in [0.25, 0.3) is 0 Å². The van der Waals surface area contributed by atoms with Gasteiger partial charge in [0.25, 0.3) is 5.91 Å². The minimum absolute atomic E-state index is 0.224. The van der Waals surface area contributed by atoms with Crippen molar-refractivity contribution < 1.29 is 24.2 Å². The highest BCUT2D eigenvalue weighted by atomic mass is 16.5. The number of rotatable bonds is 6. The molecular formula is C16H22N2O5. The molecule has 0 spiro atoms. The number of aliphatic hydroxyl groups excluding tert-OH is 1. The Kier molecular flexibility index (Phi) is 4.79. The first-order valence-electron chi connectivity index (χ1n) is 7.50. The van der Waals surface area contributed by atoms with Crippen molar-refractivity contribution in [1.29, 1.82) is 0 Å². The largest absolute Gasteiger partial charge is 0.490 e. The molecule has 1 aromatic carbocycles. The molecule has 1 heterocycles. The summed E-state index contributed by atoms with van der Waals surface area (Å²) in [6.07, 6.45) is 0.797. The molecule has 0 bridgehead atoms. The van der Waals surface area contributed by atoms with Gasteiger partial charge in [0, 0.05) is 0 Å². The Morgan fingerprint density at radius 2 is 2.13 bits per heavy atom. The second-order valence-corrected chi connectivity index (χ2v) is 5.92. The first-order valence-corrected chi connectivity index (χ1v) is 7.50. The van der Waals surface area contributed by atoms with Crippen molar-refractivity contribution in [2.24, 2.45) is 5.73 Å². The number of amides is 2. The fourth-order valence-corrected chi connectivity index (χ4v) is 2.40. The van der Waals surface area contributed by atoms with Crippen molar-refractivity contribution in [1.82, 2.24) is 0 Å². The van der Waals surface area contributed by atoms with Gasteiger partial charge in [-0.1, -0.05) is 6.92 Å². The number of hydrogen-bond donors (Lipinski definition) is 2. The zero-order chi connectivity index (χ0) is 17.2. The molecular weight excluding hydrogens is 300 g/mol. The van der Waals surface area contributed by atoms with Crippen LogP contribution in [0.2, 0.25) is 0 Å². The lowest BCUT2D eigenvalue weighted by molar-refractivity contribution is -0.134. The van der Waals surface area contributed by atoms with E-state index < -0.39 is 11.5 Å². The predicted octanol–water partition coefficient (Wildman–Crippen LogP) is 0.957. The number of ether oxygens (including phenoxy) is 2. The highest BCUT2D eigenvalue weighted by Gasteiger charge is 2.43. The van der Waals surface area contributed by atoms with Crippen LogP contribution in [-0.4, -0.2) is 35.7 Å². The summed E-state index contributed by atoms with van der Waals surface area (Å²) >= 11 is 0. The van der Waals surface area contributed by atoms with Gasteiger partial charge in [0.2, 0.25) is 5.91 Å². The number of carbonyl (C=O) groups excluding carboxylic acids is 2. The van der Waals surface area contributed by atoms with E-state index in [0.29, 0.717) is 29.4 Å². The van der Waals surface area contributed by atoms with E-state index in [-0.39, 0.29) is 19.1 Å². The van der Waals surface area contributed by atoms with Gasteiger partial charge in [-0.05, 0) is 38.0 Å². The summed E-state index contributed by atoms with van der Waals surface area (Å²) in [5.74, 6) is -0.197. The smallest absolute Gasteiger partial charge is 0.271 e. The monoisotopic (exact) mass is 322 g/mol. The molecule has 1 aliphatic heterocycles. The second kappa shape index (κ2) is 6.45. The highest BCUT2D eigenvalue weighted by Crippen LogP contribution is 2.45. The van der Waals surface area contributed by atoms with E-state index in [1.807, 2.05) is 6.92 Å². The van der Waals surface area contributed by atoms with E-state index in [0.717, 1.165) is 6.42 Å². The van der Waals surface area contributed by atoms with Gasteiger partial charge in [0.05, 0.1) is 18.9 Å². The van der Waals surface area contributed by atoms with E-state index in [1.165, 1.54) is 4.90 Å². The van der Waals surface area contributed by atoms with Crippen LogP contribution in [-0.2, 0) is 16.2 Å². The molecule has 0 aliphatic carbocycles. The van der Waals surface area contributed by atoms with Gasteiger partial charge in [-0.15, -0.1) is 0 Å². The molecule has 2 rings (SSSR count). The third-order valence-corrected chi connectivity index (χ3v) is 3.46. The number of hydrogen-bond acceptors (Lipinski definition) is 5. The number of benzene rings is 1. The molecule has 1 aliphatic rings. The first kappa shape index (κ1) is 17.1. The van der Waals surface area contributed by atoms with Gasteiger partial charge >= 0.3 is 0 Å². The van der Waals surface area contributed by atoms with Gasteiger partial charge in [-0.25, -0.2) is 0 Å². The molecule has 0 aromatic heterocycles. The molecule has 0 radical (unpaired) electrons. The third kappa shape index (κ3) is 3.39. The minimum atomic E-state index is -1.15. The van der Waals surface area contributed by atoms with Gasteiger partial charge in [-0.2, -0.15) is 0 Å². The second-order valence-electron chi connectivity index (χ2n) is 5.92. The van der Waals surface area contributed by atoms with Crippen LogP contribution in [0.4, 0.5) is 5.69 Å². The maximum absolute atomic E-state index is 12.6. The number of nitrogens with zero attached hydrogens (tertiary/aromatic N) is 1. The molecule has 0 saturated carbocycles. The lowest BCUT2D eigenvalue weighted by Crippen LogP contribution is -2.54. The van der Waals surface area contributed by atoms with Crippen molar-refractivity contribution in [2.45, 2.75) is 39.4 Å². The Labute approximate surface area is 135 Å². The summed E-state index contributed by atoms with van der Waals surface area (Å²) in [4.78, 5) is 25.2. The summed E-state index contributed by atoms with van der Waals surface area (Å²) < 4.78 is 11.5. The molecule has 0 fully saturated rings. The molecule has 1 aromatic rings. The van der Waals surface area contributed by atoms with Gasteiger partial charge < -0.3 is 20.3 Å². The number of nitrogens with two attached hydrogens (primary N) is 1. The SMILES string of the molecule is CCCOc1cc(CO)cc2c1OC(C)(C)C(=O)N2CC(N)=O. The average Bonchev–Trinajstić information content (AvgIpc) is 2.49. The van der Waals surface area contributed by atoms with Crippen molar-refractivity contribution in [3.63, 3.8) is 0 Å². The van der Waals surface area contributed by atoms with Gasteiger partial charge in [-0.3, -0.25) is 14.5 Å². The summed E-state index contributed by atoms with van der Waals surface area (Å²) in [5.41, 5.74) is 5.06. The van der Waals surface area contributed by atoms with Crippen LogP contribution in [0, 0.1) is 0 Å². The van der Waals surface area contributed by atoms with E-state index in [9.17, 15) is 14.7 Å². The molecule has 2 amide bonds. The van der Waals surface area contributed by atoms with Crippen molar-refractivity contribution >= 4 is 17.5 Å². The molecule has 0 saturated heterocycles.